The summed E-state index contributed by atoms with van der Waals surface area (Å²) < 4.78 is 11.5. The number of nitrogens with zero attached hydrogens (tertiary/aromatic N) is 5. The number of carbonyl (C=O) groups is 1. The molecule has 1 aromatic carbocycles. The average molecular weight is 543 g/mol. The highest BCUT2D eigenvalue weighted by molar-refractivity contribution is 5.83. The fourth-order valence-electron chi connectivity index (χ4n) is 4.85. The number of amides is 1. The van der Waals surface area contributed by atoms with Gasteiger partial charge in [-0.15, -0.1) is 0 Å². The molecule has 1 aliphatic heterocycles. The summed E-state index contributed by atoms with van der Waals surface area (Å²) in [5.41, 5.74) is 5.62. The van der Waals surface area contributed by atoms with Crippen molar-refractivity contribution < 1.29 is 14.3 Å². The van der Waals surface area contributed by atoms with Gasteiger partial charge in [0.25, 0.3) is 0 Å². The van der Waals surface area contributed by atoms with E-state index in [0.29, 0.717) is 19.5 Å². The summed E-state index contributed by atoms with van der Waals surface area (Å²) in [6.45, 7) is 13.5. The number of carbonyl (C=O) groups excluding carboxylic acids is 1. The molecule has 9 nitrogen and oxygen atoms in total. The lowest BCUT2D eigenvalue weighted by atomic mass is 10.1. The summed E-state index contributed by atoms with van der Waals surface area (Å²) in [5.74, 6) is 1.64. The fourth-order valence-corrected chi connectivity index (χ4v) is 4.85. The van der Waals surface area contributed by atoms with Gasteiger partial charge in [0.2, 0.25) is 0 Å². The minimum atomic E-state index is -0.477. The normalized spacial score (nSPS) is 14.6. The Morgan fingerprint density at radius 1 is 1.05 bits per heavy atom. The SMILES string of the molecule is CC(C)Oc1cnccc1-c1ccc2nc(Cc3cc(CN4CCN(C(=O)OC(C)(C)C)CC4)ccn3)[nH]c2c1. The number of imidazole rings is 1. The highest BCUT2D eigenvalue weighted by atomic mass is 16.6. The summed E-state index contributed by atoms with van der Waals surface area (Å²) in [5, 5.41) is 0. The summed E-state index contributed by atoms with van der Waals surface area (Å²) >= 11 is 0. The van der Waals surface area contributed by atoms with Crippen LogP contribution >= 0.6 is 0 Å². The average Bonchev–Trinajstić information content (AvgIpc) is 3.30. The van der Waals surface area contributed by atoms with E-state index < -0.39 is 5.60 Å². The summed E-state index contributed by atoms with van der Waals surface area (Å²) in [6.07, 6.45) is 5.85. The Balaban J connectivity index is 1.23. The standard InChI is InChI=1S/C31H38N6O3/c1-21(2)39-28-19-32-10-9-25(28)23-6-7-26-27(17-23)35-29(34-26)18-24-16-22(8-11-33-24)20-36-12-14-37(15-13-36)30(38)40-31(3,4)5/h6-11,16-17,19,21H,12-15,18,20H2,1-5H3,(H,34,35). The van der Waals surface area contributed by atoms with Crippen molar-refractivity contribution in [2.24, 2.45) is 0 Å². The number of hydrogen-bond donors (Lipinski definition) is 1. The third-order valence-corrected chi connectivity index (χ3v) is 6.65. The molecule has 4 heterocycles. The minimum absolute atomic E-state index is 0.0653. The lowest BCUT2D eigenvalue weighted by Gasteiger charge is -2.35. The Morgan fingerprint density at radius 3 is 2.60 bits per heavy atom. The maximum Gasteiger partial charge on any atom is 0.410 e. The lowest BCUT2D eigenvalue weighted by Crippen LogP contribution is -2.49. The largest absolute Gasteiger partial charge is 0.489 e. The van der Waals surface area contributed by atoms with Gasteiger partial charge in [0, 0.05) is 62.8 Å². The van der Waals surface area contributed by atoms with Crippen LogP contribution in [0.3, 0.4) is 0 Å². The quantitative estimate of drug-likeness (QED) is 0.332. The van der Waals surface area contributed by atoms with Crippen LogP contribution in [0.15, 0.2) is 55.0 Å². The fraction of sp³-hybridized carbons (Fsp3) is 0.419. The number of hydrogen-bond acceptors (Lipinski definition) is 7. The second-order valence-corrected chi connectivity index (χ2v) is 11.5. The number of pyridine rings is 2. The molecule has 0 unspecified atom stereocenters. The summed E-state index contributed by atoms with van der Waals surface area (Å²) in [6, 6.07) is 12.4. The van der Waals surface area contributed by atoms with Gasteiger partial charge >= 0.3 is 6.09 Å². The van der Waals surface area contributed by atoms with Crippen LogP contribution in [0.2, 0.25) is 0 Å². The molecule has 1 aliphatic rings. The molecule has 0 atom stereocenters. The van der Waals surface area contributed by atoms with E-state index in [4.69, 9.17) is 14.5 Å². The Kier molecular flexibility index (Phi) is 8.02. The number of piperazine rings is 1. The van der Waals surface area contributed by atoms with Crippen molar-refractivity contribution >= 4 is 17.1 Å². The van der Waals surface area contributed by atoms with Crippen molar-refractivity contribution in [1.29, 1.82) is 0 Å². The zero-order chi connectivity index (χ0) is 28.3. The Labute approximate surface area is 235 Å². The van der Waals surface area contributed by atoms with Crippen molar-refractivity contribution in [1.82, 2.24) is 29.7 Å². The molecule has 0 spiro atoms. The van der Waals surface area contributed by atoms with Crippen molar-refractivity contribution in [3.63, 3.8) is 0 Å². The van der Waals surface area contributed by atoms with Crippen LogP contribution < -0.4 is 4.74 Å². The smallest absolute Gasteiger partial charge is 0.410 e. The predicted octanol–water partition coefficient (Wildman–Crippen LogP) is 5.45. The molecular formula is C31H38N6O3. The first-order valence-electron chi connectivity index (χ1n) is 13.9. The van der Waals surface area contributed by atoms with E-state index in [2.05, 4.69) is 44.1 Å². The number of benzene rings is 1. The molecule has 1 amide bonds. The molecular weight excluding hydrogens is 504 g/mol. The maximum atomic E-state index is 12.4. The van der Waals surface area contributed by atoms with E-state index in [-0.39, 0.29) is 12.2 Å². The Morgan fingerprint density at radius 2 is 1.85 bits per heavy atom. The van der Waals surface area contributed by atoms with Crippen LogP contribution in [0.25, 0.3) is 22.2 Å². The molecule has 3 aromatic heterocycles. The van der Waals surface area contributed by atoms with Crippen LogP contribution in [-0.2, 0) is 17.7 Å². The van der Waals surface area contributed by atoms with Crippen LogP contribution in [0.5, 0.6) is 5.75 Å². The second kappa shape index (κ2) is 11.6. The first-order valence-corrected chi connectivity index (χ1v) is 13.9. The number of aromatic amines is 1. The van der Waals surface area contributed by atoms with Crippen molar-refractivity contribution in [3.8, 4) is 16.9 Å². The van der Waals surface area contributed by atoms with Gasteiger partial charge in [0.1, 0.15) is 17.2 Å². The lowest BCUT2D eigenvalue weighted by molar-refractivity contribution is 0.0139. The van der Waals surface area contributed by atoms with Crippen LogP contribution in [0.4, 0.5) is 4.79 Å². The van der Waals surface area contributed by atoms with Crippen LogP contribution in [0.1, 0.15) is 51.7 Å². The second-order valence-electron chi connectivity index (χ2n) is 11.5. The summed E-state index contributed by atoms with van der Waals surface area (Å²) in [7, 11) is 0. The molecule has 1 fully saturated rings. The molecule has 5 rings (SSSR count). The van der Waals surface area contributed by atoms with E-state index >= 15 is 0 Å². The highest BCUT2D eigenvalue weighted by Gasteiger charge is 2.26. The van der Waals surface area contributed by atoms with Crippen molar-refractivity contribution in [2.75, 3.05) is 26.2 Å². The molecule has 0 bridgehead atoms. The van der Waals surface area contributed by atoms with Gasteiger partial charge in [-0.2, -0.15) is 0 Å². The number of rotatable bonds is 7. The zero-order valence-corrected chi connectivity index (χ0v) is 24.0. The van der Waals surface area contributed by atoms with E-state index in [1.165, 1.54) is 5.56 Å². The third kappa shape index (κ3) is 6.96. The molecule has 1 saturated heterocycles. The van der Waals surface area contributed by atoms with Gasteiger partial charge < -0.3 is 19.4 Å². The van der Waals surface area contributed by atoms with E-state index in [1.807, 2.05) is 52.9 Å². The van der Waals surface area contributed by atoms with Gasteiger partial charge in [-0.25, -0.2) is 9.78 Å². The van der Waals surface area contributed by atoms with Gasteiger partial charge in [-0.1, -0.05) is 6.07 Å². The zero-order valence-electron chi connectivity index (χ0n) is 24.0. The van der Waals surface area contributed by atoms with Gasteiger partial charge in [-0.05, 0) is 76.1 Å². The molecule has 0 aliphatic carbocycles. The maximum absolute atomic E-state index is 12.4. The minimum Gasteiger partial charge on any atom is -0.489 e. The van der Waals surface area contributed by atoms with Crippen LogP contribution in [-0.4, -0.2) is 73.7 Å². The first kappa shape index (κ1) is 27.6. The highest BCUT2D eigenvalue weighted by Crippen LogP contribution is 2.31. The number of aromatic nitrogens is 4. The summed E-state index contributed by atoms with van der Waals surface area (Å²) in [4.78, 5) is 33.6. The van der Waals surface area contributed by atoms with Gasteiger partial charge in [0.05, 0.1) is 23.3 Å². The van der Waals surface area contributed by atoms with E-state index in [9.17, 15) is 4.79 Å². The van der Waals surface area contributed by atoms with E-state index in [1.54, 1.807) is 17.3 Å². The Hall–Kier alpha value is -3.98. The topological polar surface area (TPSA) is 96.5 Å². The van der Waals surface area contributed by atoms with Crippen LogP contribution in [0, 0.1) is 0 Å². The van der Waals surface area contributed by atoms with Crippen molar-refractivity contribution in [2.45, 2.75) is 59.3 Å². The number of H-pyrrole nitrogens is 1. The van der Waals surface area contributed by atoms with E-state index in [0.717, 1.165) is 59.1 Å². The molecule has 1 N–H and O–H groups in total. The number of fused-ring (bicyclic) bond motifs is 1. The molecule has 0 saturated carbocycles. The van der Waals surface area contributed by atoms with Crippen molar-refractivity contribution in [3.05, 3.63) is 72.1 Å². The monoisotopic (exact) mass is 542 g/mol. The van der Waals surface area contributed by atoms with Gasteiger partial charge in [0.15, 0.2) is 0 Å². The molecule has 4 aromatic rings. The molecule has 210 valence electrons. The number of ether oxygens (including phenoxy) is 2. The molecule has 40 heavy (non-hydrogen) atoms. The Bertz CT molecular complexity index is 1470. The third-order valence-electron chi connectivity index (χ3n) is 6.65. The van der Waals surface area contributed by atoms with Gasteiger partial charge in [-0.3, -0.25) is 14.9 Å². The first-order chi connectivity index (χ1) is 19.1. The molecule has 9 heteroatoms. The molecule has 0 radical (unpaired) electrons. The number of nitrogens with one attached hydrogen (secondary N) is 1. The predicted molar refractivity (Wildman–Crippen MR) is 155 cm³/mol.